The lowest BCUT2D eigenvalue weighted by Crippen LogP contribution is -2.51. The van der Waals surface area contributed by atoms with Gasteiger partial charge in [-0.05, 0) is 44.4 Å². The number of esters is 1. The molecule has 5 atom stereocenters. The number of carbonyl (C=O) groups is 3. The second-order valence-electron chi connectivity index (χ2n) is 11.9. The van der Waals surface area contributed by atoms with Crippen LogP contribution in [0.3, 0.4) is 0 Å². The van der Waals surface area contributed by atoms with Crippen LogP contribution in [0.25, 0.3) is 0 Å². The van der Waals surface area contributed by atoms with Crippen LogP contribution in [-0.2, 0) is 25.5 Å². The van der Waals surface area contributed by atoms with Crippen molar-refractivity contribution in [3.05, 3.63) is 59.9 Å². The predicted molar refractivity (Wildman–Crippen MR) is 156 cm³/mol. The van der Waals surface area contributed by atoms with Gasteiger partial charge in [-0.25, -0.2) is 4.39 Å². The van der Waals surface area contributed by atoms with Gasteiger partial charge in [0.15, 0.2) is 0 Å². The molecule has 0 aromatic heterocycles. The molecule has 232 valence electrons. The maximum Gasteiger partial charge on any atom is 0.310 e. The summed E-state index contributed by atoms with van der Waals surface area (Å²) in [5.74, 6) is -2.39. The first-order valence-corrected chi connectivity index (χ1v) is 15.0. The number of anilines is 1. The Labute approximate surface area is 251 Å². The van der Waals surface area contributed by atoms with E-state index in [1.54, 1.807) is 6.07 Å². The first kappa shape index (κ1) is 30.9. The maximum absolute atomic E-state index is 14.1. The number of hydrogen-bond acceptors (Lipinski definition) is 9. The number of imide groups is 1. The van der Waals surface area contributed by atoms with E-state index in [4.69, 9.17) is 9.47 Å². The number of aliphatic hydroxyl groups excluding tert-OH is 2. The molecule has 2 aliphatic heterocycles. The van der Waals surface area contributed by atoms with Crippen molar-refractivity contribution in [2.24, 2.45) is 11.8 Å². The molecule has 3 aliphatic rings. The topological polar surface area (TPSA) is 120 Å². The summed E-state index contributed by atoms with van der Waals surface area (Å²) in [7, 11) is 0. The smallest absolute Gasteiger partial charge is 0.310 e. The zero-order chi connectivity index (χ0) is 30.7. The van der Waals surface area contributed by atoms with Crippen LogP contribution in [0.15, 0.2) is 48.5 Å². The minimum absolute atomic E-state index is 0.0237. The van der Waals surface area contributed by atoms with Crippen molar-refractivity contribution in [2.75, 3.05) is 44.2 Å². The largest absolute Gasteiger partial charge is 0.489 e. The number of hydrogen-bond donors (Lipinski definition) is 2. The lowest BCUT2D eigenvalue weighted by atomic mass is 9.78. The van der Waals surface area contributed by atoms with Crippen molar-refractivity contribution < 1.29 is 38.5 Å². The molecule has 2 aromatic rings. The van der Waals surface area contributed by atoms with Crippen LogP contribution in [0.2, 0.25) is 0 Å². The van der Waals surface area contributed by atoms with Crippen LogP contribution in [0.5, 0.6) is 5.75 Å². The summed E-state index contributed by atoms with van der Waals surface area (Å²) in [6.07, 6.45) is -2.86. The van der Waals surface area contributed by atoms with Crippen molar-refractivity contribution in [3.8, 4) is 5.75 Å². The lowest BCUT2D eigenvalue weighted by Gasteiger charge is -2.38. The average molecular weight is 598 g/mol. The van der Waals surface area contributed by atoms with Crippen LogP contribution in [-0.4, -0.2) is 101 Å². The van der Waals surface area contributed by atoms with Gasteiger partial charge in [0.2, 0.25) is 11.8 Å². The van der Waals surface area contributed by atoms with Gasteiger partial charge in [-0.1, -0.05) is 30.3 Å². The number of ether oxygens (including phenoxy) is 2. The second kappa shape index (κ2) is 13.4. The van der Waals surface area contributed by atoms with E-state index < -0.39 is 47.9 Å². The Hall–Kier alpha value is -3.54. The Morgan fingerprint density at radius 2 is 1.56 bits per heavy atom. The molecule has 1 saturated carbocycles. The van der Waals surface area contributed by atoms with E-state index in [1.165, 1.54) is 12.1 Å². The molecule has 2 heterocycles. The molecule has 11 heteroatoms. The Bertz CT molecular complexity index is 1270. The van der Waals surface area contributed by atoms with Gasteiger partial charge in [0.1, 0.15) is 17.7 Å². The molecular weight excluding hydrogens is 557 g/mol. The number of likely N-dealkylation sites (tertiary alicyclic amines) is 1. The Morgan fingerprint density at radius 1 is 0.930 bits per heavy atom. The van der Waals surface area contributed by atoms with E-state index in [-0.39, 0.29) is 37.7 Å². The van der Waals surface area contributed by atoms with Gasteiger partial charge in [0.05, 0.1) is 48.8 Å². The fraction of sp³-hybridized carbons (Fsp3) is 0.531. The molecule has 0 radical (unpaired) electrons. The number of rotatable bonds is 10. The van der Waals surface area contributed by atoms with Gasteiger partial charge in [-0.2, -0.15) is 0 Å². The third-order valence-corrected chi connectivity index (χ3v) is 8.42. The highest BCUT2D eigenvalue weighted by Crippen LogP contribution is 2.38. The minimum Gasteiger partial charge on any atom is -0.489 e. The Morgan fingerprint density at radius 3 is 2.16 bits per heavy atom. The van der Waals surface area contributed by atoms with Gasteiger partial charge >= 0.3 is 5.97 Å². The van der Waals surface area contributed by atoms with Crippen LogP contribution < -0.4 is 9.64 Å². The standard InChI is InChI=1S/C32H40FN3O7/c1-20(2)42-29-9-8-22(33)15-26(29)35-12-10-34(11-13-35)18-23(43-30(39)14-21-6-4-3-5-7-21)19-36-31(40)24-16-27(37)28(38)17-25(24)32(36)41/h3-9,15,20,23-25,27-28,37-38H,10-14,16-19H2,1-2H3. The van der Waals surface area contributed by atoms with E-state index in [9.17, 15) is 29.0 Å². The molecule has 43 heavy (non-hydrogen) atoms. The molecule has 2 aromatic carbocycles. The molecule has 10 nitrogen and oxygen atoms in total. The highest BCUT2D eigenvalue weighted by Gasteiger charge is 2.52. The third kappa shape index (κ3) is 7.34. The number of nitrogens with zero attached hydrogens (tertiary/aromatic N) is 3. The molecule has 5 unspecified atom stereocenters. The SMILES string of the molecule is CC(C)Oc1ccc(F)cc1N1CCN(CC(CN2C(=O)C3CC(O)C(O)CC3C2=O)OC(=O)Cc2ccccc2)CC1. The van der Waals surface area contributed by atoms with Crippen LogP contribution in [0.1, 0.15) is 32.3 Å². The van der Waals surface area contributed by atoms with Crippen molar-refractivity contribution in [2.45, 2.75) is 57.5 Å². The number of carbonyl (C=O) groups excluding carboxylic acids is 3. The van der Waals surface area contributed by atoms with Gasteiger partial charge in [0, 0.05) is 38.8 Å². The molecule has 0 bridgehead atoms. The summed E-state index contributed by atoms with van der Waals surface area (Å²) < 4.78 is 25.9. The monoisotopic (exact) mass is 597 g/mol. The van der Waals surface area contributed by atoms with E-state index in [1.807, 2.05) is 44.2 Å². The van der Waals surface area contributed by atoms with Crippen LogP contribution >= 0.6 is 0 Å². The van der Waals surface area contributed by atoms with Crippen molar-refractivity contribution in [1.29, 1.82) is 0 Å². The van der Waals surface area contributed by atoms with E-state index in [0.29, 0.717) is 44.2 Å². The fourth-order valence-corrected chi connectivity index (χ4v) is 6.27. The Balaban J connectivity index is 1.27. The minimum atomic E-state index is -1.06. The zero-order valence-electron chi connectivity index (χ0n) is 24.6. The fourth-order valence-electron chi connectivity index (χ4n) is 6.27. The molecule has 2 saturated heterocycles. The van der Waals surface area contributed by atoms with Crippen molar-refractivity contribution >= 4 is 23.5 Å². The summed E-state index contributed by atoms with van der Waals surface area (Å²) >= 11 is 0. The first-order chi connectivity index (χ1) is 20.6. The Kier molecular flexibility index (Phi) is 9.63. The van der Waals surface area contributed by atoms with Crippen molar-refractivity contribution in [1.82, 2.24) is 9.80 Å². The lowest BCUT2D eigenvalue weighted by molar-refractivity contribution is -0.154. The highest BCUT2D eigenvalue weighted by atomic mass is 19.1. The number of piperazine rings is 1. The first-order valence-electron chi connectivity index (χ1n) is 15.0. The van der Waals surface area contributed by atoms with Gasteiger partial charge < -0.3 is 24.6 Å². The number of halogens is 1. The van der Waals surface area contributed by atoms with Crippen LogP contribution in [0.4, 0.5) is 10.1 Å². The van der Waals surface area contributed by atoms with Crippen LogP contribution in [0, 0.1) is 17.7 Å². The molecular formula is C32H40FN3O7. The van der Waals surface area contributed by atoms with Gasteiger partial charge in [-0.15, -0.1) is 0 Å². The molecule has 1 aliphatic carbocycles. The number of amides is 2. The summed E-state index contributed by atoms with van der Waals surface area (Å²) in [6.45, 7) is 6.33. The highest BCUT2D eigenvalue weighted by molar-refractivity contribution is 6.05. The van der Waals surface area contributed by atoms with E-state index in [0.717, 1.165) is 10.5 Å². The second-order valence-corrected chi connectivity index (χ2v) is 11.9. The number of benzene rings is 2. The summed E-state index contributed by atoms with van der Waals surface area (Å²) in [5, 5.41) is 20.2. The summed E-state index contributed by atoms with van der Waals surface area (Å²) in [6, 6.07) is 13.7. The zero-order valence-corrected chi connectivity index (χ0v) is 24.6. The molecule has 2 amide bonds. The van der Waals surface area contributed by atoms with E-state index >= 15 is 0 Å². The van der Waals surface area contributed by atoms with Gasteiger partial charge in [-0.3, -0.25) is 24.2 Å². The van der Waals surface area contributed by atoms with Gasteiger partial charge in [0.25, 0.3) is 0 Å². The summed E-state index contributed by atoms with van der Waals surface area (Å²) in [5.41, 5.74) is 1.47. The quantitative estimate of drug-likeness (QED) is 0.313. The third-order valence-electron chi connectivity index (χ3n) is 8.42. The van der Waals surface area contributed by atoms with Crippen molar-refractivity contribution in [3.63, 3.8) is 0 Å². The maximum atomic E-state index is 14.1. The normalized spacial score (nSPS) is 25.2. The number of fused-ring (bicyclic) bond motifs is 1. The molecule has 2 N–H and O–H groups in total. The summed E-state index contributed by atoms with van der Waals surface area (Å²) in [4.78, 5) is 44.8. The predicted octanol–water partition coefficient (Wildman–Crippen LogP) is 2.01. The molecule has 3 fully saturated rings. The average Bonchev–Trinajstić information content (AvgIpc) is 3.18. The van der Waals surface area contributed by atoms with E-state index in [2.05, 4.69) is 9.80 Å². The number of aliphatic hydroxyl groups is 2. The molecule has 5 rings (SSSR count). The molecule has 0 spiro atoms.